The number of hydrogen-bond donors (Lipinski definition) is 3. The van der Waals surface area contributed by atoms with E-state index in [2.05, 4.69) is 30.1 Å². The summed E-state index contributed by atoms with van der Waals surface area (Å²) in [6, 6.07) is 18.8. The normalized spacial score (nSPS) is 20.7. The molecule has 1 aliphatic heterocycles. The zero-order chi connectivity index (χ0) is 22.1. The zero-order valence-corrected chi connectivity index (χ0v) is 17.8. The molecule has 0 aromatic heterocycles. The van der Waals surface area contributed by atoms with Crippen molar-refractivity contribution in [1.29, 1.82) is 0 Å². The van der Waals surface area contributed by atoms with E-state index in [1.807, 2.05) is 36.4 Å². The third-order valence-corrected chi connectivity index (χ3v) is 5.48. The lowest BCUT2D eigenvalue weighted by atomic mass is 9.86. The van der Waals surface area contributed by atoms with E-state index >= 15 is 0 Å². The van der Waals surface area contributed by atoms with Crippen molar-refractivity contribution >= 4 is 16.7 Å². The molecule has 0 aliphatic carbocycles. The molecule has 0 radical (unpaired) electrons. The Bertz CT molecular complexity index is 895. The summed E-state index contributed by atoms with van der Waals surface area (Å²) in [5, 5.41) is 10.6. The summed E-state index contributed by atoms with van der Waals surface area (Å²) >= 11 is 0. The largest absolute Gasteiger partial charge is 0.394 e. The molecule has 3 atom stereocenters. The number of hydrogen-bond acceptors (Lipinski definition) is 5. The second-order valence-electron chi connectivity index (χ2n) is 7.45. The Kier molecular flexibility index (Phi) is 9.13. The molecular formula is C22H29NO6S. The summed E-state index contributed by atoms with van der Waals surface area (Å²) in [6.07, 6.45) is 5.12. The number of carbonyl (C=O) groups is 1. The Balaban J connectivity index is 0.000000575. The highest BCUT2D eigenvalue weighted by Gasteiger charge is 2.31. The van der Waals surface area contributed by atoms with Crippen LogP contribution in [0.3, 0.4) is 0 Å². The number of aldehydes is 1. The van der Waals surface area contributed by atoms with Gasteiger partial charge in [-0.25, -0.2) is 0 Å². The number of likely N-dealkylation sites (tertiary alicyclic amines) is 1. The van der Waals surface area contributed by atoms with Gasteiger partial charge in [0, 0.05) is 18.5 Å². The quantitative estimate of drug-likeness (QED) is 0.470. The molecule has 0 bridgehead atoms. The minimum atomic E-state index is -4.67. The maximum absolute atomic E-state index is 11.0. The maximum Gasteiger partial charge on any atom is 0.394 e. The second-order valence-corrected chi connectivity index (χ2v) is 8.34. The average Bonchev–Trinajstić information content (AvgIpc) is 2.70. The average molecular weight is 436 g/mol. The Morgan fingerprint density at radius 3 is 2.30 bits per heavy atom. The minimum absolute atomic E-state index is 0.317. The van der Waals surface area contributed by atoms with Crippen molar-refractivity contribution in [3.8, 4) is 0 Å². The SMILES string of the molecule is CN1C(CC(O)c2ccccc2)CCCC1c1ccccc1CC=O.O=S(=O)(O)O. The molecule has 30 heavy (non-hydrogen) atoms. The lowest BCUT2D eigenvalue weighted by molar-refractivity contribution is -0.107. The fourth-order valence-corrected chi connectivity index (χ4v) is 4.07. The van der Waals surface area contributed by atoms with Crippen molar-refractivity contribution in [3.05, 3.63) is 71.3 Å². The van der Waals surface area contributed by atoms with Gasteiger partial charge in [-0.2, -0.15) is 8.42 Å². The number of carbonyl (C=O) groups excluding carboxylic acids is 1. The highest BCUT2D eigenvalue weighted by Crippen LogP contribution is 2.37. The van der Waals surface area contributed by atoms with E-state index in [1.54, 1.807) is 0 Å². The summed E-state index contributed by atoms with van der Waals surface area (Å²) in [5.41, 5.74) is 3.37. The maximum atomic E-state index is 11.0. The first kappa shape index (κ1) is 24.2. The number of benzene rings is 2. The van der Waals surface area contributed by atoms with E-state index in [0.29, 0.717) is 18.5 Å². The predicted molar refractivity (Wildman–Crippen MR) is 115 cm³/mol. The zero-order valence-electron chi connectivity index (χ0n) is 17.0. The van der Waals surface area contributed by atoms with Crippen LogP contribution in [-0.2, 0) is 21.6 Å². The molecule has 3 rings (SSSR count). The van der Waals surface area contributed by atoms with Crippen molar-refractivity contribution in [3.63, 3.8) is 0 Å². The highest BCUT2D eigenvalue weighted by molar-refractivity contribution is 7.79. The molecule has 3 N–H and O–H groups in total. The van der Waals surface area contributed by atoms with Crippen LogP contribution in [0.4, 0.5) is 0 Å². The fourth-order valence-electron chi connectivity index (χ4n) is 4.07. The van der Waals surface area contributed by atoms with Gasteiger partial charge in [0.05, 0.1) is 6.10 Å². The molecule has 1 fully saturated rings. The topological polar surface area (TPSA) is 115 Å². The Labute approximate surface area is 177 Å². The number of aliphatic hydroxyl groups is 1. The molecule has 7 nitrogen and oxygen atoms in total. The number of rotatable bonds is 6. The van der Waals surface area contributed by atoms with E-state index in [-0.39, 0.29) is 0 Å². The highest BCUT2D eigenvalue weighted by atomic mass is 32.3. The van der Waals surface area contributed by atoms with Gasteiger partial charge in [-0.1, -0.05) is 54.6 Å². The molecule has 8 heteroatoms. The van der Waals surface area contributed by atoms with Crippen molar-refractivity contribution in [2.24, 2.45) is 0 Å². The van der Waals surface area contributed by atoms with Crippen LogP contribution in [0.2, 0.25) is 0 Å². The van der Waals surface area contributed by atoms with E-state index in [1.165, 1.54) is 5.56 Å². The standard InChI is InChI=1S/C22H27NO2.H2O4S/c1-23-19(16-22(25)18-9-3-2-4-10-18)11-7-13-21(23)20-12-6-5-8-17(20)14-15-24;1-5(2,3)4/h2-6,8-10,12,15,19,21-22,25H,7,11,13-14,16H2,1H3;(H2,1,2,3,4). The monoisotopic (exact) mass is 435 g/mol. The second kappa shape index (κ2) is 11.3. The van der Waals surface area contributed by atoms with Crippen molar-refractivity contribution in [2.75, 3.05) is 7.05 Å². The summed E-state index contributed by atoms with van der Waals surface area (Å²) in [5.74, 6) is 0. The molecule has 0 saturated carbocycles. The van der Waals surface area contributed by atoms with E-state index in [0.717, 1.165) is 43.1 Å². The lowest BCUT2D eigenvalue weighted by Crippen LogP contribution is -2.40. The van der Waals surface area contributed by atoms with Crippen LogP contribution in [0.25, 0.3) is 0 Å². The molecule has 1 saturated heterocycles. The molecule has 1 aliphatic rings. The summed E-state index contributed by atoms with van der Waals surface area (Å²) < 4.78 is 31.6. The van der Waals surface area contributed by atoms with Crippen molar-refractivity contribution in [1.82, 2.24) is 4.90 Å². The molecule has 3 unspecified atom stereocenters. The van der Waals surface area contributed by atoms with Crippen molar-refractivity contribution < 1.29 is 27.4 Å². The van der Waals surface area contributed by atoms with Gasteiger partial charge in [0.2, 0.25) is 0 Å². The first-order chi connectivity index (χ1) is 14.2. The van der Waals surface area contributed by atoms with Gasteiger partial charge in [0.25, 0.3) is 0 Å². The van der Waals surface area contributed by atoms with Gasteiger partial charge in [-0.3, -0.25) is 14.0 Å². The van der Waals surface area contributed by atoms with Crippen LogP contribution in [0.1, 0.15) is 54.5 Å². The Hall–Kier alpha value is -2.10. The Morgan fingerprint density at radius 1 is 1.07 bits per heavy atom. The van der Waals surface area contributed by atoms with Crippen LogP contribution in [0.5, 0.6) is 0 Å². The van der Waals surface area contributed by atoms with E-state index in [4.69, 9.17) is 17.5 Å². The third-order valence-electron chi connectivity index (χ3n) is 5.48. The summed E-state index contributed by atoms with van der Waals surface area (Å²) in [7, 11) is -2.51. The van der Waals surface area contributed by atoms with Crippen LogP contribution < -0.4 is 0 Å². The van der Waals surface area contributed by atoms with Gasteiger partial charge in [-0.15, -0.1) is 0 Å². The molecule has 164 valence electrons. The molecule has 0 spiro atoms. The third kappa shape index (κ3) is 7.62. The predicted octanol–water partition coefficient (Wildman–Crippen LogP) is 3.42. The number of piperidine rings is 1. The molecule has 0 amide bonds. The molecule has 1 heterocycles. The van der Waals surface area contributed by atoms with Gasteiger partial charge < -0.3 is 9.90 Å². The van der Waals surface area contributed by atoms with Crippen LogP contribution in [0.15, 0.2) is 54.6 Å². The molecular weight excluding hydrogens is 406 g/mol. The smallest absolute Gasteiger partial charge is 0.388 e. The van der Waals surface area contributed by atoms with Crippen molar-refractivity contribution in [2.45, 2.75) is 50.3 Å². The van der Waals surface area contributed by atoms with Crippen LogP contribution >= 0.6 is 0 Å². The fraction of sp³-hybridized carbons (Fsp3) is 0.409. The summed E-state index contributed by atoms with van der Waals surface area (Å²) in [6.45, 7) is 0. The first-order valence-electron chi connectivity index (χ1n) is 9.87. The van der Waals surface area contributed by atoms with Gasteiger partial charge in [0.1, 0.15) is 6.29 Å². The van der Waals surface area contributed by atoms with Crippen LogP contribution in [-0.4, -0.2) is 46.9 Å². The van der Waals surface area contributed by atoms with Gasteiger partial charge in [0.15, 0.2) is 0 Å². The van der Waals surface area contributed by atoms with E-state index < -0.39 is 16.5 Å². The first-order valence-corrected chi connectivity index (χ1v) is 11.3. The lowest BCUT2D eigenvalue weighted by Gasteiger charge is -2.41. The minimum Gasteiger partial charge on any atom is -0.388 e. The summed E-state index contributed by atoms with van der Waals surface area (Å²) in [4.78, 5) is 13.4. The number of nitrogens with zero attached hydrogens (tertiary/aromatic N) is 1. The van der Waals surface area contributed by atoms with Gasteiger partial charge >= 0.3 is 10.4 Å². The molecule has 2 aromatic rings. The van der Waals surface area contributed by atoms with Crippen LogP contribution in [0, 0.1) is 0 Å². The van der Waals surface area contributed by atoms with E-state index in [9.17, 15) is 9.90 Å². The Morgan fingerprint density at radius 2 is 1.67 bits per heavy atom. The van der Waals surface area contributed by atoms with Gasteiger partial charge in [-0.05, 0) is 49.4 Å². The number of aliphatic hydroxyl groups excluding tert-OH is 1. The molecule has 2 aromatic carbocycles.